The van der Waals surface area contributed by atoms with Crippen molar-refractivity contribution >= 4 is 0 Å². The van der Waals surface area contributed by atoms with E-state index in [1.54, 1.807) is 0 Å². The highest BCUT2D eigenvalue weighted by Gasteiger charge is 2.08. The van der Waals surface area contributed by atoms with Gasteiger partial charge in [-0.05, 0) is 12.1 Å². The summed E-state index contributed by atoms with van der Waals surface area (Å²) in [4.78, 5) is 7.82. The van der Waals surface area contributed by atoms with E-state index < -0.39 is 11.6 Å². The molecule has 0 N–H and O–H groups in total. The monoisotopic (exact) mass is 222 g/mol. The molecule has 82 valence electrons. The van der Waals surface area contributed by atoms with E-state index in [9.17, 15) is 8.78 Å². The van der Waals surface area contributed by atoms with Gasteiger partial charge in [-0.1, -0.05) is 0 Å². The third-order valence-electron chi connectivity index (χ3n) is 2.04. The van der Waals surface area contributed by atoms with Crippen molar-refractivity contribution in [1.82, 2.24) is 9.97 Å². The van der Waals surface area contributed by atoms with Crippen molar-refractivity contribution in [3.05, 3.63) is 42.2 Å². The largest absolute Gasteiger partial charge is 0.494 e. The predicted molar refractivity (Wildman–Crippen MR) is 53.9 cm³/mol. The van der Waals surface area contributed by atoms with Crippen LogP contribution in [0.4, 0.5) is 8.78 Å². The zero-order valence-corrected chi connectivity index (χ0v) is 8.45. The molecule has 3 nitrogen and oxygen atoms in total. The quantitative estimate of drug-likeness (QED) is 0.782. The molecular weight excluding hydrogens is 214 g/mol. The van der Waals surface area contributed by atoms with Gasteiger partial charge in [0.25, 0.3) is 0 Å². The number of methoxy groups -OCH3 is 1. The van der Waals surface area contributed by atoms with Crippen LogP contribution in [0.1, 0.15) is 0 Å². The lowest BCUT2D eigenvalue weighted by Crippen LogP contribution is -1.93. The molecule has 0 amide bonds. The molecule has 1 aromatic heterocycles. The fraction of sp³-hybridized carbons (Fsp3) is 0.0909. The molecule has 5 heteroatoms. The number of benzene rings is 1. The van der Waals surface area contributed by atoms with Crippen molar-refractivity contribution in [2.75, 3.05) is 7.11 Å². The summed E-state index contributed by atoms with van der Waals surface area (Å²) in [5, 5.41) is 0. The lowest BCUT2D eigenvalue weighted by Gasteiger charge is -2.02. The normalized spacial score (nSPS) is 10.2. The van der Waals surface area contributed by atoms with Crippen molar-refractivity contribution < 1.29 is 13.5 Å². The Morgan fingerprint density at radius 2 is 1.81 bits per heavy atom. The zero-order chi connectivity index (χ0) is 11.5. The van der Waals surface area contributed by atoms with Gasteiger partial charge < -0.3 is 4.74 Å². The Kier molecular flexibility index (Phi) is 2.76. The van der Waals surface area contributed by atoms with E-state index >= 15 is 0 Å². The highest BCUT2D eigenvalue weighted by molar-refractivity contribution is 5.55. The van der Waals surface area contributed by atoms with Crippen molar-refractivity contribution in [2.24, 2.45) is 0 Å². The van der Waals surface area contributed by atoms with Gasteiger partial charge in [-0.2, -0.15) is 0 Å². The summed E-state index contributed by atoms with van der Waals surface area (Å²) in [6, 6.07) is 3.25. The molecule has 0 fully saturated rings. The molecule has 0 bridgehead atoms. The lowest BCUT2D eigenvalue weighted by molar-refractivity contribution is 0.411. The number of aromatic nitrogens is 2. The van der Waals surface area contributed by atoms with Crippen LogP contribution in [0.3, 0.4) is 0 Å². The minimum Gasteiger partial charge on any atom is -0.494 e. The Morgan fingerprint density at radius 1 is 1.12 bits per heavy atom. The van der Waals surface area contributed by atoms with Crippen LogP contribution in [-0.4, -0.2) is 17.1 Å². The van der Waals surface area contributed by atoms with E-state index in [1.165, 1.54) is 25.6 Å². The maximum Gasteiger partial charge on any atom is 0.162 e. The minimum absolute atomic E-state index is 0.157. The van der Waals surface area contributed by atoms with E-state index in [0.29, 0.717) is 5.75 Å². The van der Waals surface area contributed by atoms with Crippen LogP contribution in [0.15, 0.2) is 30.6 Å². The number of ether oxygens (including phenoxy) is 1. The topological polar surface area (TPSA) is 35.0 Å². The van der Waals surface area contributed by atoms with E-state index in [0.717, 1.165) is 12.1 Å². The SMILES string of the molecule is COc1cnc(-c2ccc(F)cc2F)nc1. The molecule has 0 aliphatic rings. The summed E-state index contributed by atoms with van der Waals surface area (Å²) < 4.78 is 30.9. The maximum atomic E-state index is 13.4. The Hall–Kier alpha value is -2.04. The summed E-state index contributed by atoms with van der Waals surface area (Å²) in [7, 11) is 1.48. The third-order valence-corrected chi connectivity index (χ3v) is 2.04. The van der Waals surface area contributed by atoms with Crippen LogP contribution in [-0.2, 0) is 0 Å². The highest BCUT2D eigenvalue weighted by atomic mass is 19.1. The van der Waals surface area contributed by atoms with Crippen molar-refractivity contribution in [2.45, 2.75) is 0 Å². The van der Waals surface area contributed by atoms with Crippen LogP contribution < -0.4 is 4.74 Å². The van der Waals surface area contributed by atoms with E-state index in [1.807, 2.05) is 0 Å². The molecule has 2 aromatic rings. The van der Waals surface area contributed by atoms with Gasteiger partial charge in [-0.25, -0.2) is 18.7 Å². The molecule has 2 rings (SSSR count). The van der Waals surface area contributed by atoms with Crippen molar-refractivity contribution in [3.63, 3.8) is 0 Å². The zero-order valence-electron chi connectivity index (χ0n) is 8.45. The summed E-state index contributed by atoms with van der Waals surface area (Å²) >= 11 is 0. The number of nitrogens with zero attached hydrogens (tertiary/aromatic N) is 2. The van der Waals surface area contributed by atoms with Crippen LogP contribution in [0.2, 0.25) is 0 Å². The molecule has 1 aromatic carbocycles. The van der Waals surface area contributed by atoms with Crippen LogP contribution >= 0.6 is 0 Å². The average molecular weight is 222 g/mol. The third kappa shape index (κ3) is 1.98. The van der Waals surface area contributed by atoms with Gasteiger partial charge in [0, 0.05) is 6.07 Å². The van der Waals surface area contributed by atoms with Gasteiger partial charge in [0.2, 0.25) is 0 Å². The standard InChI is InChI=1S/C11H8F2N2O/c1-16-8-5-14-11(15-6-8)9-3-2-7(12)4-10(9)13/h2-6H,1H3. The summed E-state index contributed by atoms with van der Waals surface area (Å²) in [5.41, 5.74) is 0.157. The van der Waals surface area contributed by atoms with Gasteiger partial charge >= 0.3 is 0 Å². The van der Waals surface area contributed by atoms with Gasteiger partial charge in [0.05, 0.1) is 25.1 Å². The maximum absolute atomic E-state index is 13.4. The van der Waals surface area contributed by atoms with E-state index in [2.05, 4.69) is 9.97 Å². The molecular formula is C11H8F2N2O. The van der Waals surface area contributed by atoms with Gasteiger partial charge in [-0.3, -0.25) is 0 Å². The molecule has 0 saturated heterocycles. The van der Waals surface area contributed by atoms with Crippen LogP contribution in [0, 0.1) is 11.6 Å². The lowest BCUT2D eigenvalue weighted by atomic mass is 10.2. The first kappa shape index (κ1) is 10.5. The molecule has 16 heavy (non-hydrogen) atoms. The minimum atomic E-state index is -0.690. The predicted octanol–water partition coefficient (Wildman–Crippen LogP) is 2.43. The number of hydrogen-bond acceptors (Lipinski definition) is 3. The molecule has 0 radical (unpaired) electrons. The Bertz CT molecular complexity index is 500. The van der Waals surface area contributed by atoms with Crippen molar-refractivity contribution in [1.29, 1.82) is 0 Å². The molecule has 0 atom stereocenters. The molecule has 0 saturated carbocycles. The van der Waals surface area contributed by atoms with E-state index in [4.69, 9.17) is 4.74 Å². The second-order valence-corrected chi connectivity index (χ2v) is 3.07. The molecule has 0 aliphatic heterocycles. The van der Waals surface area contributed by atoms with Gasteiger partial charge in [0.15, 0.2) is 11.6 Å². The first-order valence-corrected chi connectivity index (χ1v) is 4.52. The smallest absolute Gasteiger partial charge is 0.162 e. The highest BCUT2D eigenvalue weighted by Crippen LogP contribution is 2.20. The molecule has 0 unspecified atom stereocenters. The Balaban J connectivity index is 2.42. The fourth-order valence-electron chi connectivity index (χ4n) is 1.23. The Labute approximate surface area is 90.7 Å². The first-order valence-electron chi connectivity index (χ1n) is 4.52. The van der Waals surface area contributed by atoms with Crippen molar-refractivity contribution in [3.8, 4) is 17.1 Å². The number of rotatable bonds is 2. The molecule has 0 spiro atoms. The van der Waals surface area contributed by atoms with Gasteiger partial charge in [0.1, 0.15) is 11.6 Å². The number of halogens is 2. The van der Waals surface area contributed by atoms with E-state index in [-0.39, 0.29) is 11.4 Å². The molecule has 1 heterocycles. The second-order valence-electron chi connectivity index (χ2n) is 3.07. The van der Waals surface area contributed by atoms with Gasteiger partial charge in [-0.15, -0.1) is 0 Å². The average Bonchev–Trinajstić information content (AvgIpc) is 2.29. The fourth-order valence-corrected chi connectivity index (χ4v) is 1.23. The number of hydrogen-bond donors (Lipinski definition) is 0. The Morgan fingerprint density at radius 3 is 2.38 bits per heavy atom. The summed E-state index contributed by atoms with van der Waals surface area (Å²) in [6.07, 6.45) is 2.84. The summed E-state index contributed by atoms with van der Waals surface area (Å²) in [5.74, 6) is -0.649. The summed E-state index contributed by atoms with van der Waals surface area (Å²) in [6.45, 7) is 0. The van der Waals surface area contributed by atoms with Crippen LogP contribution in [0.25, 0.3) is 11.4 Å². The molecule has 0 aliphatic carbocycles. The second kappa shape index (κ2) is 4.22. The first-order chi connectivity index (χ1) is 7.70. The van der Waals surface area contributed by atoms with Crippen LogP contribution in [0.5, 0.6) is 5.75 Å².